The number of imidazole rings is 1. The zero-order valence-corrected chi connectivity index (χ0v) is 18.3. The molecule has 1 heterocycles. The molecule has 0 spiro atoms. The predicted octanol–water partition coefficient (Wildman–Crippen LogP) is 4.46. The average molecular weight is 447 g/mol. The molecule has 0 aliphatic heterocycles. The van der Waals surface area contributed by atoms with E-state index in [4.69, 9.17) is 5.11 Å². The van der Waals surface area contributed by atoms with Crippen LogP contribution in [-0.4, -0.2) is 28.5 Å². The van der Waals surface area contributed by atoms with Crippen molar-refractivity contribution in [1.82, 2.24) is 8.96 Å². The molecule has 0 amide bonds. The quantitative estimate of drug-likeness (QED) is 0.423. The number of hydrogen-bond acceptors (Lipinski definition) is 4. The smallest absolute Gasteiger partial charge is 0.328 e. The van der Waals surface area contributed by atoms with Gasteiger partial charge >= 0.3 is 5.97 Å². The highest BCUT2D eigenvalue weighted by Gasteiger charge is 2.24. The second kappa shape index (κ2) is 8.80. The van der Waals surface area contributed by atoms with Gasteiger partial charge < -0.3 is 5.11 Å². The predicted molar refractivity (Wildman–Crippen MR) is 124 cm³/mol. The van der Waals surface area contributed by atoms with E-state index in [9.17, 15) is 13.2 Å². The van der Waals surface area contributed by atoms with Crippen molar-refractivity contribution in [3.63, 3.8) is 0 Å². The molecular weight excluding hydrogens is 424 g/mol. The number of carbonyl (C=O) groups is 1. The van der Waals surface area contributed by atoms with Crippen LogP contribution in [-0.2, 0) is 27.7 Å². The SMILES string of the molecule is Cc1ccc(S(=O)(=O)n2c(CCc3ccc(C=CC(=O)O)cc3)nc3ccccc32)cc1. The number of carboxylic acids is 1. The van der Waals surface area contributed by atoms with Crippen LogP contribution in [0.4, 0.5) is 0 Å². The van der Waals surface area contributed by atoms with Crippen molar-refractivity contribution in [3.8, 4) is 0 Å². The molecule has 6 nitrogen and oxygen atoms in total. The van der Waals surface area contributed by atoms with Gasteiger partial charge in [0.1, 0.15) is 5.82 Å². The number of hydrogen-bond donors (Lipinski definition) is 1. The number of aromatic nitrogens is 2. The van der Waals surface area contributed by atoms with E-state index in [-0.39, 0.29) is 4.90 Å². The number of aliphatic carboxylic acids is 1. The van der Waals surface area contributed by atoms with Gasteiger partial charge in [0.25, 0.3) is 10.0 Å². The second-order valence-corrected chi connectivity index (χ2v) is 9.30. The highest BCUT2D eigenvalue weighted by molar-refractivity contribution is 7.90. The summed E-state index contributed by atoms with van der Waals surface area (Å²) < 4.78 is 28.3. The summed E-state index contributed by atoms with van der Waals surface area (Å²) >= 11 is 0. The van der Waals surface area contributed by atoms with Crippen molar-refractivity contribution in [3.05, 3.63) is 101 Å². The third kappa shape index (κ3) is 4.48. The fourth-order valence-corrected chi connectivity index (χ4v) is 5.03. The van der Waals surface area contributed by atoms with Crippen LogP contribution in [0, 0.1) is 6.92 Å². The Labute approximate surface area is 186 Å². The maximum atomic E-state index is 13.5. The number of benzene rings is 3. The normalized spacial score (nSPS) is 11.9. The van der Waals surface area contributed by atoms with Crippen LogP contribution in [0.2, 0.25) is 0 Å². The van der Waals surface area contributed by atoms with E-state index in [0.29, 0.717) is 29.7 Å². The van der Waals surface area contributed by atoms with Crippen molar-refractivity contribution >= 4 is 33.1 Å². The topological polar surface area (TPSA) is 89.3 Å². The summed E-state index contributed by atoms with van der Waals surface area (Å²) in [5.41, 5.74) is 3.96. The number of aryl methyl sites for hydroxylation is 3. The van der Waals surface area contributed by atoms with E-state index in [1.54, 1.807) is 36.4 Å². The maximum Gasteiger partial charge on any atom is 0.328 e. The van der Waals surface area contributed by atoms with E-state index < -0.39 is 16.0 Å². The van der Waals surface area contributed by atoms with Gasteiger partial charge in [0, 0.05) is 12.5 Å². The molecule has 0 aliphatic rings. The van der Waals surface area contributed by atoms with Crippen molar-refractivity contribution in [2.75, 3.05) is 0 Å². The molecule has 0 fully saturated rings. The number of rotatable bonds is 7. The minimum Gasteiger partial charge on any atom is -0.478 e. The fourth-order valence-electron chi connectivity index (χ4n) is 3.51. The van der Waals surface area contributed by atoms with Gasteiger partial charge in [0.15, 0.2) is 0 Å². The lowest BCUT2D eigenvalue weighted by Crippen LogP contribution is -2.16. The van der Waals surface area contributed by atoms with Gasteiger partial charge in [-0.25, -0.2) is 22.2 Å². The zero-order chi connectivity index (χ0) is 22.7. The first kappa shape index (κ1) is 21.5. The van der Waals surface area contributed by atoms with Crippen molar-refractivity contribution in [1.29, 1.82) is 0 Å². The molecule has 3 aromatic carbocycles. The Morgan fingerprint density at radius 1 is 0.969 bits per heavy atom. The molecule has 0 unspecified atom stereocenters. The maximum absolute atomic E-state index is 13.5. The molecule has 0 saturated heterocycles. The summed E-state index contributed by atoms with van der Waals surface area (Å²) in [6, 6.07) is 21.5. The summed E-state index contributed by atoms with van der Waals surface area (Å²) in [5, 5.41) is 8.74. The summed E-state index contributed by atoms with van der Waals surface area (Å²) in [6.07, 6.45) is 3.65. The van der Waals surface area contributed by atoms with Crippen LogP contribution in [0.3, 0.4) is 0 Å². The fraction of sp³-hybridized carbons (Fsp3) is 0.120. The van der Waals surface area contributed by atoms with E-state index in [1.807, 2.05) is 43.3 Å². The highest BCUT2D eigenvalue weighted by Crippen LogP contribution is 2.24. The Bertz CT molecular complexity index is 1400. The van der Waals surface area contributed by atoms with Crippen LogP contribution in [0.15, 0.2) is 83.8 Å². The van der Waals surface area contributed by atoms with E-state index >= 15 is 0 Å². The summed E-state index contributed by atoms with van der Waals surface area (Å²) in [6.45, 7) is 1.91. The summed E-state index contributed by atoms with van der Waals surface area (Å²) in [5.74, 6) is -0.524. The molecule has 0 bridgehead atoms. The molecule has 1 N–H and O–H groups in total. The van der Waals surface area contributed by atoms with Crippen molar-refractivity contribution < 1.29 is 18.3 Å². The zero-order valence-electron chi connectivity index (χ0n) is 17.5. The van der Waals surface area contributed by atoms with Gasteiger partial charge in [-0.3, -0.25) is 0 Å². The third-order valence-corrected chi connectivity index (χ3v) is 6.94. The van der Waals surface area contributed by atoms with Crippen molar-refractivity contribution in [2.24, 2.45) is 0 Å². The number of fused-ring (bicyclic) bond motifs is 1. The van der Waals surface area contributed by atoms with E-state index in [0.717, 1.165) is 22.8 Å². The minimum atomic E-state index is -3.81. The molecule has 4 aromatic rings. The average Bonchev–Trinajstić information content (AvgIpc) is 3.16. The monoisotopic (exact) mass is 446 g/mol. The molecule has 0 radical (unpaired) electrons. The van der Waals surface area contributed by atoms with Gasteiger partial charge in [0.2, 0.25) is 0 Å². The van der Waals surface area contributed by atoms with Gasteiger partial charge in [-0.2, -0.15) is 0 Å². The first-order valence-corrected chi connectivity index (χ1v) is 11.6. The standard InChI is InChI=1S/C25H22N2O4S/c1-18-6-14-21(15-7-18)32(30,31)27-23-5-3-2-4-22(23)26-24(27)16-12-19-8-10-20(11-9-19)13-17-25(28)29/h2-11,13-15,17H,12,16H2,1H3,(H,28,29). The molecule has 32 heavy (non-hydrogen) atoms. The lowest BCUT2D eigenvalue weighted by molar-refractivity contribution is -0.131. The second-order valence-electron chi connectivity index (χ2n) is 7.51. The Balaban J connectivity index is 1.66. The molecule has 7 heteroatoms. The molecule has 4 rings (SSSR count). The van der Waals surface area contributed by atoms with E-state index in [2.05, 4.69) is 4.98 Å². The highest BCUT2D eigenvalue weighted by atomic mass is 32.2. The van der Waals surface area contributed by atoms with Crippen LogP contribution in [0.25, 0.3) is 17.1 Å². The van der Waals surface area contributed by atoms with Gasteiger partial charge in [0.05, 0.1) is 15.9 Å². The third-order valence-electron chi connectivity index (χ3n) is 5.18. The molecule has 0 atom stereocenters. The largest absolute Gasteiger partial charge is 0.478 e. The Morgan fingerprint density at radius 3 is 2.34 bits per heavy atom. The van der Waals surface area contributed by atoms with Gasteiger partial charge in [-0.15, -0.1) is 0 Å². The molecular formula is C25H22N2O4S. The molecule has 1 aromatic heterocycles. The lowest BCUT2D eigenvalue weighted by Gasteiger charge is -2.11. The Hall–Kier alpha value is -3.71. The lowest BCUT2D eigenvalue weighted by atomic mass is 10.1. The molecule has 0 saturated carbocycles. The number of nitrogens with zero attached hydrogens (tertiary/aromatic N) is 2. The van der Waals surface area contributed by atoms with Crippen LogP contribution in [0.5, 0.6) is 0 Å². The number of para-hydroxylation sites is 2. The van der Waals surface area contributed by atoms with Crippen LogP contribution >= 0.6 is 0 Å². The first-order chi connectivity index (χ1) is 15.3. The first-order valence-electron chi connectivity index (χ1n) is 10.1. The molecule has 162 valence electrons. The molecule has 0 aliphatic carbocycles. The summed E-state index contributed by atoms with van der Waals surface area (Å²) in [4.78, 5) is 15.5. The Kier molecular flexibility index (Phi) is 5.92. The summed E-state index contributed by atoms with van der Waals surface area (Å²) in [7, 11) is -3.81. The van der Waals surface area contributed by atoms with Gasteiger partial charge in [-0.1, -0.05) is 54.1 Å². The van der Waals surface area contributed by atoms with Crippen LogP contribution < -0.4 is 0 Å². The van der Waals surface area contributed by atoms with Crippen molar-refractivity contribution in [2.45, 2.75) is 24.7 Å². The minimum absolute atomic E-state index is 0.224. The Morgan fingerprint density at radius 2 is 1.66 bits per heavy atom. The van der Waals surface area contributed by atoms with Gasteiger partial charge in [-0.05, 0) is 54.8 Å². The van der Waals surface area contributed by atoms with Crippen LogP contribution in [0.1, 0.15) is 22.5 Å². The van der Waals surface area contributed by atoms with E-state index in [1.165, 1.54) is 10.0 Å². The number of carboxylic acid groups (broad SMARTS) is 1.